The largest absolute Gasteiger partial charge is 0.313 e. The summed E-state index contributed by atoms with van der Waals surface area (Å²) in [4.78, 5) is 5.25. The van der Waals surface area contributed by atoms with E-state index in [0.717, 1.165) is 33.6 Å². The Bertz CT molecular complexity index is 542. The molecule has 0 aliphatic carbocycles. The molecule has 0 radical (unpaired) electrons. The Kier molecular flexibility index (Phi) is 5.30. The van der Waals surface area contributed by atoms with Crippen LogP contribution >= 0.6 is 23.3 Å². The first kappa shape index (κ1) is 14.4. The van der Waals surface area contributed by atoms with Gasteiger partial charge < -0.3 is 5.32 Å². The molecule has 0 fully saturated rings. The van der Waals surface area contributed by atoms with Crippen LogP contribution in [0.4, 0.5) is 4.39 Å². The van der Waals surface area contributed by atoms with Gasteiger partial charge in [-0.3, -0.25) is 0 Å². The highest BCUT2D eigenvalue weighted by Gasteiger charge is 2.07. The first-order valence-electron chi connectivity index (χ1n) is 6.22. The lowest BCUT2D eigenvalue weighted by Crippen LogP contribution is -2.11. The molecule has 19 heavy (non-hydrogen) atoms. The molecule has 0 amide bonds. The maximum atomic E-state index is 13.6. The van der Waals surface area contributed by atoms with Gasteiger partial charge in [0.05, 0.1) is 0 Å². The molecule has 0 bridgehead atoms. The summed E-state index contributed by atoms with van der Waals surface area (Å²) in [7, 11) is 0. The van der Waals surface area contributed by atoms with Crippen LogP contribution in [-0.4, -0.2) is 15.9 Å². The Hall–Kier alpha value is -0.980. The van der Waals surface area contributed by atoms with Crippen LogP contribution in [0.5, 0.6) is 0 Å². The van der Waals surface area contributed by atoms with Crippen molar-refractivity contribution in [1.82, 2.24) is 14.7 Å². The van der Waals surface area contributed by atoms with Gasteiger partial charge >= 0.3 is 0 Å². The van der Waals surface area contributed by atoms with Gasteiger partial charge in [0.1, 0.15) is 11.6 Å². The summed E-state index contributed by atoms with van der Waals surface area (Å²) < 4.78 is 18.6. The summed E-state index contributed by atoms with van der Waals surface area (Å²) in [6.07, 6.45) is 0.825. The number of benzene rings is 1. The fraction of sp³-hybridized carbons (Fsp3) is 0.385. The normalized spacial score (nSPS) is 10.9. The molecule has 0 aliphatic rings. The van der Waals surface area contributed by atoms with Crippen molar-refractivity contribution in [2.75, 3.05) is 6.54 Å². The molecular formula is C13H16FN3S2. The van der Waals surface area contributed by atoms with Crippen LogP contribution in [0.3, 0.4) is 0 Å². The fourth-order valence-corrected chi connectivity index (χ4v) is 3.36. The molecule has 1 aromatic carbocycles. The molecule has 3 nitrogen and oxygen atoms in total. The maximum Gasteiger partial charge on any atom is 0.174 e. The lowest BCUT2D eigenvalue weighted by Gasteiger charge is -2.05. The predicted octanol–water partition coefficient (Wildman–Crippen LogP) is 3.50. The van der Waals surface area contributed by atoms with E-state index >= 15 is 0 Å². The number of hydrogen-bond acceptors (Lipinski definition) is 5. The molecule has 0 atom stereocenters. The number of nitrogens with zero attached hydrogens (tertiary/aromatic N) is 2. The zero-order valence-corrected chi connectivity index (χ0v) is 12.6. The van der Waals surface area contributed by atoms with Crippen LogP contribution < -0.4 is 5.32 Å². The third-order valence-corrected chi connectivity index (χ3v) is 4.24. The van der Waals surface area contributed by atoms with E-state index in [9.17, 15) is 4.39 Å². The average molecular weight is 297 g/mol. The van der Waals surface area contributed by atoms with Gasteiger partial charge in [0.25, 0.3) is 0 Å². The van der Waals surface area contributed by atoms with Gasteiger partial charge in [0, 0.05) is 17.9 Å². The summed E-state index contributed by atoms with van der Waals surface area (Å²) in [6.45, 7) is 5.60. The number of rotatable bonds is 6. The number of aryl methyl sites for hydroxylation is 1. The predicted molar refractivity (Wildman–Crippen MR) is 77.2 cm³/mol. The molecule has 0 saturated carbocycles. The van der Waals surface area contributed by atoms with Gasteiger partial charge in [-0.05, 0) is 41.8 Å². The lowest BCUT2D eigenvalue weighted by atomic mass is 10.2. The topological polar surface area (TPSA) is 37.8 Å². The van der Waals surface area contributed by atoms with Crippen LogP contribution in [0.1, 0.15) is 25.2 Å². The van der Waals surface area contributed by atoms with Gasteiger partial charge in [-0.2, -0.15) is 4.37 Å². The molecule has 0 spiro atoms. The third-order valence-electron chi connectivity index (χ3n) is 2.48. The molecule has 102 valence electrons. The second-order valence-corrected chi connectivity index (χ2v) is 6.08. The van der Waals surface area contributed by atoms with Crippen molar-refractivity contribution in [3.05, 3.63) is 35.4 Å². The molecule has 2 rings (SSSR count). The monoisotopic (exact) mass is 297 g/mol. The quantitative estimate of drug-likeness (QED) is 0.885. The number of nitrogens with one attached hydrogen (secondary N) is 1. The van der Waals surface area contributed by atoms with Crippen LogP contribution in [0.25, 0.3) is 0 Å². The number of hydrogen-bond donors (Lipinski definition) is 1. The van der Waals surface area contributed by atoms with Gasteiger partial charge in [-0.1, -0.05) is 25.6 Å². The Morgan fingerprint density at radius 1 is 1.32 bits per heavy atom. The number of halogens is 1. The Labute approximate surface area is 120 Å². The van der Waals surface area contributed by atoms with E-state index in [1.165, 1.54) is 29.4 Å². The van der Waals surface area contributed by atoms with E-state index in [-0.39, 0.29) is 5.82 Å². The zero-order valence-electron chi connectivity index (χ0n) is 10.9. The minimum Gasteiger partial charge on any atom is -0.313 e. The summed E-state index contributed by atoms with van der Waals surface area (Å²) in [5.41, 5.74) is 0.949. The van der Waals surface area contributed by atoms with E-state index < -0.39 is 0 Å². The maximum absolute atomic E-state index is 13.6. The Morgan fingerprint density at radius 2 is 2.16 bits per heavy atom. The SMILES string of the molecule is CCNCc1cc(F)cc(Sc2nc(CC)ns2)c1. The smallest absolute Gasteiger partial charge is 0.174 e. The highest BCUT2D eigenvalue weighted by Crippen LogP contribution is 2.30. The fourth-order valence-electron chi connectivity index (χ4n) is 1.57. The van der Waals surface area contributed by atoms with Gasteiger partial charge in [0.2, 0.25) is 0 Å². The minimum atomic E-state index is -0.210. The Balaban J connectivity index is 2.12. The van der Waals surface area contributed by atoms with Crippen molar-refractivity contribution in [1.29, 1.82) is 0 Å². The minimum absolute atomic E-state index is 0.210. The van der Waals surface area contributed by atoms with Crippen molar-refractivity contribution in [2.24, 2.45) is 0 Å². The third kappa shape index (κ3) is 4.26. The second-order valence-electron chi connectivity index (χ2n) is 4.01. The molecule has 2 aromatic rings. The van der Waals surface area contributed by atoms with E-state index in [2.05, 4.69) is 14.7 Å². The summed E-state index contributed by atoms with van der Waals surface area (Å²) in [6, 6.07) is 5.08. The highest BCUT2D eigenvalue weighted by atomic mass is 32.2. The average Bonchev–Trinajstić information content (AvgIpc) is 2.83. The van der Waals surface area contributed by atoms with Gasteiger partial charge in [-0.15, -0.1) is 0 Å². The van der Waals surface area contributed by atoms with Crippen LogP contribution in [0.2, 0.25) is 0 Å². The molecular weight excluding hydrogens is 281 g/mol. The summed E-state index contributed by atoms with van der Waals surface area (Å²) in [5, 5.41) is 3.19. The van der Waals surface area contributed by atoms with Gasteiger partial charge in [-0.25, -0.2) is 9.37 Å². The van der Waals surface area contributed by atoms with Crippen molar-refractivity contribution < 1.29 is 4.39 Å². The molecule has 1 aromatic heterocycles. The first-order valence-corrected chi connectivity index (χ1v) is 7.81. The van der Waals surface area contributed by atoms with E-state index in [4.69, 9.17) is 0 Å². The second kappa shape index (κ2) is 6.98. The van der Waals surface area contributed by atoms with Crippen LogP contribution in [0, 0.1) is 5.82 Å². The van der Waals surface area contributed by atoms with Gasteiger partial charge in [0.15, 0.2) is 4.34 Å². The standard InChI is InChI=1S/C13H16FN3S2/c1-3-12-16-13(19-17-12)18-11-6-9(8-15-4-2)5-10(14)7-11/h5-7,15H,3-4,8H2,1-2H3. The number of aromatic nitrogens is 2. The van der Waals surface area contributed by atoms with Crippen LogP contribution in [0.15, 0.2) is 27.4 Å². The van der Waals surface area contributed by atoms with E-state index in [1.54, 1.807) is 6.07 Å². The first-order chi connectivity index (χ1) is 9.21. The van der Waals surface area contributed by atoms with E-state index in [0.29, 0.717) is 6.54 Å². The molecule has 1 N–H and O–H groups in total. The molecule has 0 saturated heterocycles. The van der Waals surface area contributed by atoms with Crippen LogP contribution in [-0.2, 0) is 13.0 Å². The molecule has 1 heterocycles. The molecule has 0 aliphatic heterocycles. The summed E-state index contributed by atoms with van der Waals surface area (Å²) >= 11 is 2.83. The van der Waals surface area contributed by atoms with Crippen molar-refractivity contribution >= 4 is 23.3 Å². The summed E-state index contributed by atoms with van der Waals surface area (Å²) in [5.74, 6) is 0.634. The highest BCUT2D eigenvalue weighted by molar-refractivity contribution is 8.01. The molecule has 0 unspecified atom stereocenters. The Morgan fingerprint density at radius 3 is 2.84 bits per heavy atom. The van der Waals surface area contributed by atoms with E-state index in [1.807, 2.05) is 19.9 Å². The molecule has 6 heteroatoms. The zero-order chi connectivity index (χ0) is 13.7. The van der Waals surface area contributed by atoms with Crippen molar-refractivity contribution in [2.45, 2.75) is 36.0 Å². The lowest BCUT2D eigenvalue weighted by molar-refractivity contribution is 0.617. The van der Waals surface area contributed by atoms with Crippen molar-refractivity contribution in [3.63, 3.8) is 0 Å². The van der Waals surface area contributed by atoms with Crippen molar-refractivity contribution in [3.8, 4) is 0 Å².